The van der Waals surface area contributed by atoms with Crippen LogP contribution in [0.5, 0.6) is 0 Å². The summed E-state index contributed by atoms with van der Waals surface area (Å²) in [6.07, 6.45) is -17.5. The zero-order valence-electron chi connectivity index (χ0n) is 25.5. The number of halogens is 18. The highest BCUT2D eigenvalue weighted by atomic mass is 32.2. The van der Waals surface area contributed by atoms with Crippen LogP contribution in [0, 0.1) is 10.4 Å². The van der Waals surface area contributed by atoms with Gasteiger partial charge in [0.25, 0.3) is 20.0 Å². The largest absolute Gasteiger partial charge is 0.633 e. The molecule has 0 aliphatic rings. The Morgan fingerprint density at radius 2 is 0.660 bits per heavy atom. The highest BCUT2D eigenvalue weighted by Crippen LogP contribution is 2.56. The Balaban J connectivity index is 7.31. The van der Waals surface area contributed by atoms with Gasteiger partial charge in [-0.3, -0.25) is 0 Å². The number of quaternary nitrogens is 2. The molecule has 50 heavy (non-hydrogen) atoms. The predicted molar refractivity (Wildman–Crippen MR) is 133 cm³/mol. The zero-order chi connectivity index (χ0) is 40.8. The lowest BCUT2D eigenvalue weighted by Crippen LogP contribution is -2.66. The summed E-state index contributed by atoms with van der Waals surface area (Å²) >= 11 is 0. The van der Waals surface area contributed by atoms with Gasteiger partial charge >= 0.3 is 46.6 Å². The van der Waals surface area contributed by atoms with Crippen LogP contribution < -0.4 is 0 Å². The first-order chi connectivity index (χ1) is 21.4. The van der Waals surface area contributed by atoms with E-state index in [2.05, 4.69) is 0 Å². The number of rotatable bonds is 19. The molecular formula is C20H28F18N4O6S2. The second-order valence-corrected chi connectivity index (χ2v) is 15.4. The van der Waals surface area contributed by atoms with E-state index in [0.717, 1.165) is 28.2 Å². The molecular weight excluding hydrogens is 798 g/mol. The molecule has 0 saturated heterocycles. The third-order valence-electron chi connectivity index (χ3n) is 6.37. The first-order valence-corrected chi connectivity index (χ1v) is 15.8. The van der Waals surface area contributed by atoms with Crippen molar-refractivity contribution in [2.45, 2.75) is 59.4 Å². The maximum atomic E-state index is 14.6. The van der Waals surface area contributed by atoms with Crippen molar-refractivity contribution in [2.24, 2.45) is 0 Å². The van der Waals surface area contributed by atoms with Crippen LogP contribution in [0.1, 0.15) is 12.8 Å². The van der Waals surface area contributed by atoms with Crippen molar-refractivity contribution in [1.29, 1.82) is 0 Å². The molecule has 0 heterocycles. The Labute approximate surface area is 271 Å². The normalized spacial score (nSPS) is 16.1. The molecule has 0 unspecified atom stereocenters. The second kappa shape index (κ2) is 14.3. The van der Waals surface area contributed by atoms with Crippen molar-refractivity contribution in [1.82, 2.24) is 8.61 Å². The molecule has 0 saturated carbocycles. The third kappa shape index (κ3) is 9.30. The van der Waals surface area contributed by atoms with E-state index < -0.39 is 137 Å². The highest BCUT2D eigenvalue weighted by molar-refractivity contribution is 7.90. The van der Waals surface area contributed by atoms with E-state index in [4.69, 9.17) is 0 Å². The summed E-state index contributed by atoms with van der Waals surface area (Å²) in [5.74, 6) is -31.6. The first-order valence-electron chi connectivity index (χ1n) is 12.9. The van der Waals surface area contributed by atoms with Gasteiger partial charge in [0.2, 0.25) is 0 Å². The number of alkyl halides is 18. The summed E-state index contributed by atoms with van der Waals surface area (Å²) < 4.78 is 288. The number of hydrogen-bond acceptors (Lipinski definition) is 6. The molecule has 302 valence electrons. The number of hydroxylamine groups is 6. The molecule has 0 aromatic rings. The summed E-state index contributed by atoms with van der Waals surface area (Å²) in [5, 5.41) is 8.39. The van der Waals surface area contributed by atoms with E-state index in [1.807, 2.05) is 0 Å². The molecule has 0 radical (unpaired) electrons. The third-order valence-corrected chi connectivity index (χ3v) is 10.3. The van der Waals surface area contributed by atoms with E-state index in [0.29, 0.717) is 0 Å². The molecule has 30 heteroatoms. The van der Waals surface area contributed by atoms with Gasteiger partial charge in [-0.05, 0) is 0 Å². The Bertz CT molecular complexity index is 1270. The minimum atomic E-state index is -7.93. The fourth-order valence-corrected chi connectivity index (χ4v) is 6.49. The predicted octanol–water partition coefficient (Wildman–Crippen LogP) is 5.03. The van der Waals surface area contributed by atoms with Crippen molar-refractivity contribution < 1.29 is 105 Å². The van der Waals surface area contributed by atoms with Crippen LogP contribution in [0.15, 0.2) is 0 Å². The average molecular weight is 827 g/mol. The lowest BCUT2D eigenvalue weighted by atomic mass is 10.1. The average Bonchev–Trinajstić information content (AvgIpc) is 2.85. The van der Waals surface area contributed by atoms with E-state index in [-0.39, 0.29) is 0 Å². The minimum Gasteiger partial charge on any atom is -0.633 e. The Kier molecular flexibility index (Phi) is 13.9. The molecule has 0 fully saturated rings. The Hall–Kier alpha value is -1.60. The van der Waals surface area contributed by atoms with Crippen molar-refractivity contribution in [3.8, 4) is 0 Å². The molecule has 0 bridgehead atoms. The summed E-state index contributed by atoms with van der Waals surface area (Å²) in [6.45, 7) is -10.4. The standard InChI is InChI=1S/C20H28F18N4O6S2/c1-41(2,43)11-5-7-39(49(45,46)19(35,36)15(25,26)13(21,22)17(29,30)31)9-10-40(8-6-12-42(3,4)44)50(47,48)20(37,38)16(27,28)14(23,24)18(32,33)34/h5-12H2,1-4H3. The van der Waals surface area contributed by atoms with Gasteiger partial charge in [0.05, 0.1) is 41.3 Å². The van der Waals surface area contributed by atoms with E-state index >= 15 is 0 Å². The molecule has 0 aromatic carbocycles. The van der Waals surface area contributed by atoms with Crippen LogP contribution in [0.25, 0.3) is 0 Å². The minimum absolute atomic E-state index is 0.745. The quantitative estimate of drug-likeness (QED) is 0.102. The van der Waals surface area contributed by atoms with Crippen molar-refractivity contribution >= 4 is 20.0 Å². The van der Waals surface area contributed by atoms with Gasteiger partial charge in [0.1, 0.15) is 0 Å². The van der Waals surface area contributed by atoms with Gasteiger partial charge in [-0.25, -0.2) is 16.8 Å². The summed E-state index contributed by atoms with van der Waals surface area (Å²) in [7, 11) is -12.5. The van der Waals surface area contributed by atoms with Crippen molar-refractivity contribution in [2.75, 3.05) is 67.5 Å². The fraction of sp³-hybridized carbons (Fsp3) is 1.00. The van der Waals surface area contributed by atoms with Crippen LogP contribution in [-0.2, 0) is 20.0 Å². The smallest absolute Gasteiger partial charge is 0.460 e. The fourth-order valence-electron chi connectivity index (χ4n) is 3.55. The van der Waals surface area contributed by atoms with Crippen LogP contribution in [-0.4, -0.2) is 149 Å². The van der Waals surface area contributed by atoms with Crippen molar-refractivity contribution in [3.63, 3.8) is 0 Å². The molecule has 0 aromatic heterocycles. The van der Waals surface area contributed by atoms with Gasteiger partial charge in [-0.15, -0.1) is 0 Å². The van der Waals surface area contributed by atoms with Crippen LogP contribution in [0.4, 0.5) is 79.0 Å². The second-order valence-electron chi connectivity index (χ2n) is 11.4. The molecule has 0 aliphatic heterocycles. The van der Waals surface area contributed by atoms with Crippen molar-refractivity contribution in [3.05, 3.63) is 10.4 Å². The van der Waals surface area contributed by atoms with E-state index in [1.54, 1.807) is 0 Å². The van der Waals surface area contributed by atoms with Gasteiger partial charge in [-0.2, -0.15) is 87.6 Å². The maximum Gasteiger partial charge on any atom is 0.460 e. The number of sulfonamides is 2. The number of nitrogens with zero attached hydrogens (tertiary/aromatic N) is 4. The molecule has 0 atom stereocenters. The van der Waals surface area contributed by atoms with Gasteiger partial charge < -0.3 is 19.7 Å². The molecule has 0 aliphatic carbocycles. The van der Waals surface area contributed by atoms with Gasteiger partial charge in [-0.1, -0.05) is 0 Å². The van der Waals surface area contributed by atoms with Gasteiger partial charge in [0, 0.05) is 39.0 Å². The van der Waals surface area contributed by atoms with E-state index in [1.165, 1.54) is 0 Å². The lowest BCUT2D eigenvalue weighted by Gasteiger charge is -2.38. The summed E-state index contributed by atoms with van der Waals surface area (Å²) in [4.78, 5) is 0. The zero-order valence-corrected chi connectivity index (χ0v) is 27.1. The highest BCUT2D eigenvalue weighted by Gasteiger charge is 2.87. The molecule has 10 nitrogen and oxygen atoms in total. The monoisotopic (exact) mass is 826 g/mol. The molecule has 0 rings (SSSR count). The van der Waals surface area contributed by atoms with Crippen LogP contribution >= 0.6 is 0 Å². The first kappa shape index (κ1) is 48.4. The number of hydrogen-bond donors (Lipinski definition) is 0. The molecule has 0 N–H and O–H groups in total. The van der Waals surface area contributed by atoms with Gasteiger partial charge in [0.15, 0.2) is 0 Å². The molecule has 0 spiro atoms. The van der Waals surface area contributed by atoms with E-state index in [9.17, 15) is 106 Å². The Morgan fingerprint density at radius 3 is 0.840 bits per heavy atom. The SMILES string of the molecule is C[N+](C)([O-])CCCN(CCN(CCC[N+](C)(C)[O-])S(=O)(=O)C(F)(F)C(F)(F)C(F)(F)C(F)(F)F)S(=O)(=O)C(F)(F)C(F)(F)C(F)(F)C(F)(F)F. The topological polar surface area (TPSA) is 121 Å². The van der Waals surface area contributed by atoms with Crippen LogP contribution in [0.2, 0.25) is 0 Å². The Morgan fingerprint density at radius 1 is 0.440 bits per heavy atom. The summed E-state index contributed by atoms with van der Waals surface area (Å²) in [5.41, 5.74) is 0. The van der Waals surface area contributed by atoms with Crippen LogP contribution in [0.3, 0.4) is 0 Å². The summed E-state index contributed by atoms with van der Waals surface area (Å²) in [6, 6.07) is 0. The lowest BCUT2D eigenvalue weighted by molar-refractivity contribution is -0.840. The maximum absolute atomic E-state index is 14.6. The molecule has 0 amide bonds.